The lowest BCUT2D eigenvalue weighted by Crippen LogP contribution is -2.03. The van der Waals surface area contributed by atoms with Gasteiger partial charge in [0.25, 0.3) is 0 Å². The van der Waals surface area contributed by atoms with Crippen molar-refractivity contribution in [2.45, 2.75) is 19.3 Å². The molecular formula is C57H43N3. The van der Waals surface area contributed by atoms with Crippen molar-refractivity contribution in [3.8, 4) is 44.8 Å². The van der Waals surface area contributed by atoms with Crippen LogP contribution in [0.1, 0.15) is 30.7 Å². The highest BCUT2D eigenvalue weighted by Gasteiger charge is 2.19. The van der Waals surface area contributed by atoms with Crippen molar-refractivity contribution in [2.75, 3.05) is 0 Å². The number of para-hydroxylation sites is 1. The Morgan fingerprint density at radius 2 is 1.22 bits per heavy atom. The fourth-order valence-corrected chi connectivity index (χ4v) is 8.74. The van der Waals surface area contributed by atoms with Crippen LogP contribution in [0.3, 0.4) is 0 Å². The van der Waals surface area contributed by atoms with Gasteiger partial charge in [-0.2, -0.15) is 0 Å². The van der Waals surface area contributed by atoms with Crippen LogP contribution in [0.15, 0.2) is 219 Å². The molecule has 1 unspecified atom stereocenters. The molecule has 0 fully saturated rings. The molecule has 3 heteroatoms. The molecule has 2 aromatic heterocycles. The average Bonchev–Trinajstić information content (AvgIpc) is 3.66. The van der Waals surface area contributed by atoms with Crippen molar-refractivity contribution >= 4 is 43.8 Å². The number of hydrogen-bond acceptors (Lipinski definition) is 2. The lowest BCUT2D eigenvalue weighted by molar-refractivity contribution is 0.849. The van der Waals surface area contributed by atoms with E-state index in [4.69, 9.17) is 9.97 Å². The Kier molecular flexibility index (Phi) is 9.77. The first-order valence-corrected chi connectivity index (χ1v) is 20.7. The van der Waals surface area contributed by atoms with E-state index in [0.29, 0.717) is 11.7 Å². The van der Waals surface area contributed by atoms with E-state index in [9.17, 15) is 0 Å². The molecule has 0 spiro atoms. The highest BCUT2D eigenvalue weighted by atomic mass is 15.0. The van der Waals surface area contributed by atoms with Crippen LogP contribution in [0.25, 0.3) is 88.6 Å². The Labute approximate surface area is 351 Å². The molecule has 0 saturated heterocycles. The zero-order chi connectivity index (χ0) is 40.4. The van der Waals surface area contributed by atoms with E-state index in [2.05, 4.69) is 181 Å². The quantitative estimate of drug-likeness (QED) is 0.137. The maximum atomic E-state index is 5.16. The minimum Gasteiger partial charge on any atom is -0.310 e. The standard InChI is InChI=1S/C57H43N3/c1-3-5-17-39(4-2)57-58-53(43-20-10-7-11-21-43)38-54(59-57)50-34-33-47(48-24-12-13-25-49(48)50)42-30-28-41(29-31-42)45-32-35-56-52(37-45)51-26-14-15-27-55(51)60(56)46-23-16-22-44(36-46)40-18-8-6-9-19-40/h3-21,23-38,44H,1,22H2,2H3/b17-5-,39-4+. The zero-order valence-corrected chi connectivity index (χ0v) is 33.5. The van der Waals surface area contributed by atoms with Gasteiger partial charge < -0.3 is 4.57 Å². The Morgan fingerprint density at radius 1 is 0.583 bits per heavy atom. The van der Waals surface area contributed by atoms with Gasteiger partial charge >= 0.3 is 0 Å². The first-order valence-electron chi connectivity index (χ1n) is 20.7. The molecule has 2 heterocycles. The van der Waals surface area contributed by atoms with E-state index < -0.39 is 0 Å². The molecule has 0 amide bonds. The molecule has 1 aliphatic carbocycles. The molecule has 0 N–H and O–H groups in total. The summed E-state index contributed by atoms with van der Waals surface area (Å²) in [5, 5.41) is 4.84. The van der Waals surface area contributed by atoms with Crippen molar-refractivity contribution in [3.63, 3.8) is 0 Å². The summed E-state index contributed by atoms with van der Waals surface area (Å²) in [6.45, 7) is 5.88. The number of rotatable bonds is 9. The summed E-state index contributed by atoms with van der Waals surface area (Å²) in [6.07, 6.45) is 15.8. The summed E-state index contributed by atoms with van der Waals surface area (Å²) < 4.78 is 2.43. The SMILES string of the molecule is C=C/C=C\C(=C/C)c1nc(-c2ccccc2)cc(-c2ccc(-c3ccc(-c4ccc5c(c4)c4ccccc4n5C4=CC(c5ccccc5)CC=C4)cc3)c3ccccc23)n1. The van der Waals surface area contributed by atoms with E-state index in [1.807, 2.05) is 43.4 Å². The van der Waals surface area contributed by atoms with Crippen LogP contribution in [0.2, 0.25) is 0 Å². The van der Waals surface area contributed by atoms with Gasteiger partial charge in [-0.25, -0.2) is 9.97 Å². The fourth-order valence-electron chi connectivity index (χ4n) is 8.74. The van der Waals surface area contributed by atoms with Gasteiger partial charge in [-0.15, -0.1) is 0 Å². The van der Waals surface area contributed by atoms with E-state index in [-0.39, 0.29) is 0 Å². The van der Waals surface area contributed by atoms with E-state index in [1.54, 1.807) is 6.08 Å². The molecule has 0 radical (unpaired) electrons. The first kappa shape index (κ1) is 36.7. The maximum Gasteiger partial charge on any atom is 0.160 e. The van der Waals surface area contributed by atoms with Crippen LogP contribution in [-0.2, 0) is 0 Å². The molecule has 7 aromatic carbocycles. The second-order valence-corrected chi connectivity index (χ2v) is 15.3. The maximum absolute atomic E-state index is 5.16. The lowest BCUT2D eigenvalue weighted by Gasteiger charge is -2.19. The minimum atomic E-state index is 0.350. The summed E-state index contributed by atoms with van der Waals surface area (Å²) in [7, 11) is 0. The Bertz CT molecular complexity index is 3180. The predicted molar refractivity (Wildman–Crippen MR) is 254 cm³/mol. The average molecular weight is 770 g/mol. The van der Waals surface area contributed by atoms with Crippen molar-refractivity contribution < 1.29 is 0 Å². The smallest absolute Gasteiger partial charge is 0.160 e. The molecular weight excluding hydrogens is 727 g/mol. The monoisotopic (exact) mass is 769 g/mol. The van der Waals surface area contributed by atoms with Crippen molar-refractivity contribution in [2.24, 2.45) is 0 Å². The molecule has 1 aliphatic rings. The van der Waals surface area contributed by atoms with Gasteiger partial charge in [0.15, 0.2) is 5.82 Å². The van der Waals surface area contributed by atoms with Crippen LogP contribution in [-0.4, -0.2) is 14.5 Å². The van der Waals surface area contributed by atoms with Crippen LogP contribution in [0.4, 0.5) is 0 Å². The van der Waals surface area contributed by atoms with Gasteiger partial charge in [0.2, 0.25) is 0 Å². The number of benzene rings is 7. The molecule has 9 aromatic rings. The molecule has 0 aliphatic heterocycles. The highest BCUT2D eigenvalue weighted by molar-refractivity contribution is 6.12. The minimum absolute atomic E-state index is 0.350. The lowest BCUT2D eigenvalue weighted by atomic mass is 9.91. The summed E-state index contributed by atoms with van der Waals surface area (Å²) >= 11 is 0. The third-order valence-electron chi connectivity index (χ3n) is 11.7. The van der Waals surface area contributed by atoms with Gasteiger partial charge in [-0.3, -0.25) is 0 Å². The van der Waals surface area contributed by atoms with E-state index in [0.717, 1.165) is 39.9 Å². The largest absolute Gasteiger partial charge is 0.310 e. The van der Waals surface area contributed by atoms with E-state index >= 15 is 0 Å². The first-order chi connectivity index (χ1) is 29.7. The Balaban J connectivity index is 1.02. The van der Waals surface area contributed by atoms with Gasteiger partial charge in [-0.05, 0) is 82.3 Å². The number of allylic oxidation sites excluding steroid dienone is 9. The normalized spacial score (nSPS) is 14.3. The van der Waals surface area contributed by atoms with Crippen LogP contribution >= 0.6 is 0 Å². The molecule has 3 nitrogen and oxygen atoms in total. The summed E-state index contributed by atoms with van der Waals surface area (Å²) in [6, 6.07) is 61.1. The van der Waals surface area contributed by atoms with Crippen LogP contribution in [0, 0.1) is 0 Å². The van der Waals surface area contributed by atoms with Crippen molar-refractivity contribution in [1.29, 1.82) is 0 Å². The molecule has 0 saturated carbocycles. The van der Waals surface area contributed by atoms with Gasteiger partial charge in [-0.1, -0.05) is 189 Å². The second-order valence-electron chi connectivity index (χ2n) is 15.3. The molecule has 60 heavy (non-hydrogen) atoms. The molecule has 1 atom stereocenters. The van der Waals surface area contributed by atoms with Crippen molar-refractivity contribution in [3.05, 3.63) is 230 Å². The summed E-state index contributed by atoms with van der Waals surface area (Å²) in [5.41, 5.74) is 14.6. The fraction of sp³-hybridized carbons (Fsp3) is 0.0526. The Morgan fingerprint density at radius 3 is 1.98 bits per heavy atom. The zero-order valence-electron chi connectivity index (χ0n) is 33.5. The molecule has 10 rings (SSSR count). The Hall–Kier alpha value is -7.62. The third kappa shape index (κ3) is 6.80. The predicted octanol–water partition coefficient (Wildman–Crippen LogP) is 15.1. The van der Waals surface area contributed by atoms with Gasteiger partial charge in [0.05, 0.1) is 22.4 Å². The topological polar surface area (TPSA) is 30.7 Å². The highest BCUT2D eigenvalue weighted by Crippen LogP contribution is 2.40. The van der Waals surface area contributed by atoms with Crippen LogP contribution < -0.4 is 0 Å². The third-order valence-corrected chi connectivity index (χ3v) is 11.7. The van der Waals surface area contributed by atoms with Crippen LogP contribution in [0.5, 0.6) is 0 Å². The summed E-state index contributed by atoms with van der Waals surface area (Å²) in [5.74, 6) is 1.03. The number of fused-ring (bicyclic) bond motifs is 4. The van der Waals surface area contributed by atoms with Gasteiger partial charge in [0.1, 0.15) is 0 Å². The van der Waals surface area contributed by atoms with Crippen molar-refractivity contribution in [1.82, 2.24) is 14.5 Å². The number of nitrogens with zero attached hydrogens (tertiary/aromatic N) is 3. The number of aromatic nitrogens is 3. The van der Waals surface area contributed by atoms with Gasteiger partial charge in [0, 0.05) is 39.1 Å². The number of hydrogen-bond donors (Lipinski definition) is 0. The summed E-state index contributed by atoms with van der Waals surface area (Å²) in [4.78, 5) is 10.2. The molecule has 0 bridgehead atoms. The second kappa shape index (κ2) is 16.0. The van der Waals surface area contributed by atoms with E-state index in [1.165, 1.54) is 60.7 Å². The molecule has 286 valence electrons.